The summed E-state index contributed by atoms with van der Waals surface area (Å²) in [6.45, 7) is 11.4. The first-order chi connectivity index (χ1) is 18.0. The van der Waals surface area contributed by atoms with Crippen LogP contribution in [0.3, 0.4) is 0 Å². The summed E-state index contributed by atoms with van der Waals surface area (Å²) in [5.74, 6) is -0.247. The van der Waals surface area contributed by atoms with Crippen LogP contribution in [0.15, 0.2) is 29.1 Å². The second-order valence-corrected chi connectivity index (χ2v) is 32.0. The molecule has 0 bridgehead atoms. The molecular formula is C27H40N4O6SiSn. The van der Waals surface area contributed by atoms with Crippen molar-refractivity contribution < 1.29 is 28.6 Å². The summed E-state index contributed by atoms with van der Waals surface area (Å²) < 4.78 is 15.6. The van der Waals surface area contributed by atoms with Crippen molar-refractivity contribution in [2.45, 2.75) is 91.6 Å². The predicted molar refractivity (Wildman–Crippen MR) is 156 cm³/mol. The van der Waals surface area contributed by atoms with Gasteiger partial charge in [0.05, 0.1) is 0 Å². The molecule has 3 aromatic rings. The molecule has 3 aromatic heterocycles. The van der Waals surface area contributed by atoms with Gasteiger partial charge in [-0.05, 0) is 18.1 Å². The monoisotopic (exact) mass is 664 g/mol. The molecule has 1 aliphatic rings. The van der Waals surface area contributed by atoms with Crippen LogP contribution in [0.5, 0.6) is 0 Å². The number of furan rings is 1. The van der Waals surface area contributed by atoms with Crippen molar-refractivity contribution in [1.29, 1.82) is 0 Å². The van der Waals surface area contributed by atoms with E-state index in [-0.39, 0.29) is 33.5 Å². The minimum absolute atomic E-state index is 0.162. The maximum atomic E-state index is 11.7. The van der Waals surface area contributed by atoms with Crippen molar-refractivity contribution in [3.8, 4) is 11.1 Å². The second kappa shape index (κ2) is 10.5. The van der Waals surface area contributed by atoms with E-state index in [2.05, 4.69) is 58.8 Å². The molecule has 0 aliphatic heterocycles. The summed E-state index contributed by atoms with van der Waals surface area (Å²) in [7, 11) is -1.81. The van der Waals surface area contributed by atoms with E-state index in [1.165, 1.54) is 6.20 Å². The average Bonchev–Trinajstić information content (AvgIpc) is 3.46. The zero-order valence-electron chi connectivity index (χ0n) is 24.1. The molecule has 4 rings (SSSR count). The van der Waals surface area contributed by atoms with Gasteiger partial charge in [0.25, 0.3) is 0 Å². The molecule has 0 atom stereocenters. The van der Waals surface area contributed by atoms with Gasteiger partial charge in [-0.3, -0.25) is 0 Å². The standard InChI is InChI=1S/C24H31N4O6Si.3CH3.Sn/c1-24(2,3)35(4,5)34-17-8-6-16(7-9-17)27-14-15(12-26-27)19-13-25-21(20-18(19)10-11-33-20)28(22(29)30)23(31)32;;;;/h10,12-14,16-17H,6-9H2,1-5H3,(H,29,30)(H,31,32);3*1H3;/t16-,17-;;;;. The van der Waals surface area contributed by atoms with Crippen LogP contribution in [0.2, 0.25) is 33.0 Å². The van der Waals surface area contributed by atoms with Gasteiger partial charge < -0.3 is 0 Å². The van der Waals surface area contributed by atoms with Crippen LogP contribution in [0, 0.1) is 0 Å². The summed E-state index contributed by atoms with van der Waals surface area (Å²) in [6, 6.07) is 2.19. The molecule has 0 unspecified atom stereocenters. The number of carboxylic acid groups (broad SMARTS) is 2. The number of amides is 2. The van der Waals surface area contributed by atoms with Crippen molar-refractivity contribution >= 4 is 59.4 Å². The SMILES string of the molecule is CC(C)(C)[Si](C)(C)O[C@H]1CC[C@H](n2cc(-c3cnc(N(C(=O)O)C(=O)O)c4o[c]([Sn]([CH3])([CH3])[CH3])cc34)cn2)CC1. The Balaban J connectivity index is 1.62. The Hall–Kier alpha value is -2.38. The molecule has 12 heteroatoms. The van der Waals surface area contributed by atoms with Crippen molar-refractivity contribution in [1.82, 2.24) is 14.8 Å². The van der Waals surface area contributed by atoms with Gasteiger partial charge in [-0.25, -0.2) is 0 Å². The first kappa shape index (κ1) is 29.6. The summed E-state index contributed by atoms with van der Waals surface area (Å²) in [5, 5.41) is 24.6. The van der Waals surface area contributed by atoms with Crippen LogP contribution in [-0.2, 0) is 4.43 Å². The Labute approximate surface area is 234 Å². The van der Waals surface area contributed by atoms with Crippen LogP contribution in [0.25, 0.3) is 22.1 Å². The normalized spacial score (nSPS) is 18.9. The van der Waals surface area contributed by atoms with Crippen molar-refractivity contribution in [2.24, 2.45) is 0 Å². The third-order valence-corrected chi connectivity index (χ3v) is 17.5. The summed E-state index contributed by atoms with van der Waals surface area (Å²) >= 11 is -2.75. The number of fused-ring (bicyclic) bond motifs is 1. The fourth-order valence-electron chi connectivity index (χ4n) is 4.73. The third-order valence-electron chi connectivity index (χ3n) is 8.07. The summed E-state index contributed by atoms with van der Waals surface area (Å²) in [5.41, 5.74) is 1.72. The van der Waals surface area contributed by atoms with Crippen molar-refractivity contribution in [3.63, 3.8) is 0 Å². The summed E-state index contributed by atoms with van der Waals surface area (Å²) in [4.78, 5) is 34.4. The van der Waals surface area contributed by atoms with Gasteiger partial charge in [0.2, 0.25) is 0 Å². The van der Waals surface area contributed by atoms with Gasteiger partial charge in [0, 0.05) is 0 Å². The van der Waals surface area contributed by atoms with E-state index in [1.54, 1.807) is 6.20 Å². The molecule has 2 N–H and O–H groups in total. The van der Waals surface area contributed by atoms with E-state index in [9.17, 15) is 19.8 Å². The Morgan fingerprint density at radius 1 is 1.10 bits per heavy atom. The zero-order chi connectivity index (χ0) is 28.9. The molecule has 1 saturated carbocycles. The Kier molecular flexibility index (Phi) is 8.00. The van der Waals surface area contributed by atoms with Crippen LogP contribution in [0.1, 0.15) is 52.5 Å². The number of imide groups is 1. The molecule has 0 saturated heterocycles. The fraction of sp³-hybridized carbons (Fsp3) is 0.556. The van der Waals surface area contributed by atoms with Crippen LogP contribution >= 0.6 is 0 Å². The second-order valence-electron chi connectivity index (χ2n) is 13.0. The first-order valence-corrected chi connectivity index (χ1v) is 26.3. The molecule has 10 nitrogen and oxygen atoms in total. The Bertz CT molecular complexity index is 1370. The average molecular weight is 663 g/mol. The fourth-order valence-corrected chi connectivity index (χ4v) is 8.97. The van der Waals surface area contributed by atoms with Gasteiger partial charge in [0.1, 0.15) is 0 Å². The predicted octanol–water partition coefficient (Wildman–Crippen LogP) is 6.90. The van der Waals surface area contributed by atoms with Gasteiger partial charge in [-0.15, -0.1) is 0 Å². The molecule has 212 valence electrons. The van der Waals surface area contributed by atoms with Gasteiger partial charge in [-0.2, -0.15) is 0 Å². The third kappa shape index (κ3) is 6.04. The van der Waals surface area contributed by atoms with E-state index in [0.717, 1.165) is 40.6 Å². The van der Waals surface area contributed by atoms with E-state index in [4.69, 9.17) is 8.84 Å². The molecular weight excluding hydrogens is 623 g/mol. The number of pyridine rings is 1. The molecule has 39 heavy (non-hydrogen) atoms. The van der Waals surface area contributed by atoms with Crippen molar-refractivity contribution in [3.05, 3.63) is 24.7 Å². The number of nitrogens with zero attached hydrogens (tertiary/aromatic N) is 4. The number of aromatic nitrogens is 3. The quantitative estimate of drug-likeness (QED) is 0.273. The number of hydrogen-bond acceptors (Lipinski definition) is 6. The van der Waals surface area contributed by atoms with Gasteiger partial charge in [0.15, 0.2) is 8.32 Å². The van der Waals surface area contributed by atoms with Crippen molar-refractivity contribution in [2.75, 3.05) is 4.90 Å². The van der Waals surface area contributed by atoms with E-state index < -0.39 is 38.9 Å². The summed E-state index contributed by atoms with van der Waals surface area (Å²) in [6.07, 6.45) is 6.26. The molecule has 3 heterocycles. The Morgan fingerprint density at radius 2 is 1.72 bits per heavy atom. The van der Waals surface area contributed by atoms with Crippen LogP contribution < -0.4 is 8.68 Å². The topological polar surface area (TPSA) is 131 Å². The van der Waals surface area contributed by atoms with Gasteiger partial charge >= 0.3 is 188 Å². The maximum absolute atomic E-state index is 11.7. The van der Waals surface area contributed by atoms with E-state index in [1.807, 2.05) is 16.9 Å². The molecule has 0 aromatic carbocycles. The van der Waals surface area contributed by atoms with Crippen LogP contribution in [-0.4, -0.2) is 70.0 Å². The van der Waals surface area contributed by atoms with Crippen LogP contribution in [0.4, 0.5) is 15.4 Å². The van der Waals surface area contributed by atoms with Gasteiger partial charge in [-0.1, -0.05) is 20.8 Å². The molecule has 0 spiro atoms. The number of rotatable bonds is 6. The minimum atomic E-state index is -2.75. The molecule has 1 fully saturated rings. The molecule has 0 radical (unpaired) electrons. The molecule has 2 amide bonds. The Morgan fingerprint density at radius 3 is 2.26 bits per heavy atom. The number of carbonyl (C=O) groups is 2. The van der Waals surface area contributed by atoms with E-state index in [0.29, 0.717) is 5.39 Å². The van der Waals surface area contributed by atoms with E-state index >= 15 is 0 Å². The number of anilines is 1. The molecule has 1 aliphatic carbocycles. The number of hydrogen-bond donors (Lipinski definition) is 2. The zero-order valence-corrected chi connectivity index (χ0v) is 28.0. The first-order valence-electron chi connectivity index (χ1n) is 13.4.